The van der Waals surface area contributed by atoms with Gasteiger partial charge in [-0.05, 0) is 0 Å². The second-order valence-electron chi connectivity index (χ2n) is 7.95. The van der Waals surface area contributed by atoms with E-state index in [4.69, 9.17) is 15.2 Å². The number of hydrogen-bond donors (Lipinski definition) is 9. The third kappa shape index (κ3) is 3.51. The molecule has 0 spiro atoms. The highest BCUT2D eigenvalue weighted by Crippen LogP contribution is 2.33. The minimum absolute atomic E-state index is 0.0774. The van der Waals surface area contributed by atoms with Gasteiger partial charge in [0.25, 0.3) is 0 Å². The molecule has 0 aromatic heterocycles. The van der Waals surface area contributed by atoms with Gasteiger partial charge in [-0.15, -0.1) is 0 Å². The van der Waals surface area contributed by atoms with E-state index in [2.05, 4.69) is 20.0 Å². The molecule has 2 saturated heterocycles. The molecule has 15 heteroatoms. The van der Waals surface area contributed by atoms with Gasteiger partial charge in [-0.3, -0.25) is 5.73 Å². The maximum atomic E-state index is 10.5. The summed E-state index contributed by atoms with van der Waals surface area (Å²) < 4.78 is 11.0. The van der Waals surface area contributed by atoms with Crippen LogP contribution in [-0.4, -0.2) is 144 Å². The fraction of sp³-hybridized carbons (Fsp3) is 0.765. The molecule has 4 rings (SSSR count). The van der Waals surface area contributed by atoms with E-state index < -0.39 is 79.9 Å². The number of amidine groups is 2. The number of nitrogens with zero attached hydrogens (tertiary/aromatic N) is 4. The number of aliphatic hydroxyl groups is 8. The minimum Gasteiger partial charge on any atom is -0.394 e. The molecule has 0 amide bonds. The maximum absolute atomic E-state index is 10.5. The number of aliphatic hydroxyl groups excluding tert-OH is 8. The summed E-state index contributed by atoms with van der Waals surface area (Å²) in [6.07, 6.45) is -14.2. The average molecular weight is 459 g/mol. The van der Waals surface area contributed by atoms with Crippen LogP contribution >= 0.6 is 0 Å². The molecule has 11 atom stereocenters. The molecule has 2 fully saturated rings. The van der Waals surface area contributed by atoms with E-state index in [-0.39, 0.29) is 17.4 Å². The first-order chi connectivity index (χ1) is 15.1. The SMILES string of the molecule is NC1(C2O[C@H](CO)[C@@H](O)[C@H](O)[C@H]2O)N=CN=C2N=C(C3O[C@H](CO)[C@@H](O)[C@H](O)[C@H]3O)N=C21. The van der Waals surface area contributed by atoms with Crippen LogP contribution in [0.3, 0.4) is 0 Å². The van der Waals surface area contributed by atoms with Crippen molar-refractivity contribution in [2.75, 3.05) is 13.2 Å². The van der Waals surface area contributed by atoms with Gasteiger partial charge in [-0.2, -0.15) is 0 Å². The summed E-state index contributed by atoms with van der Waals surface area (Å²) in [4.78, 5) is 16.3. The number of fused-ring (bicyclic) bond motifs is 1. The molecule has 10 N–H and O–H groups in total. The zero-order valence-electron chi connectivity index (χ0n) is 16.5. The van der Waals surface area contributed by atoms with Gasteiger partial charge in [0.2, 0.25) is 0 Å². The van der Waals surface area contributed by atoms with Crippen molar-refractivity contribution in [1.29, 1.82) is 0 Å². The van der Waals surface area contributed by atoms with E-state index in [1.165, 1.54) is 0 Å². The standard InChI is InChI=1S/C17H25N5O10/c18-17(14-11(30)9(28)7(26)5(2-24)32-14)13-16(19-3-20-17)22-15(21-13)12-10(29)8(27)6(25)4(1-23)31-12/h3-12,14,23-30H,1-2,18H2/t4-,5-,6-,7-,8+,9+,10-,11-,12?,14?,17?/m1/s1. The largest absolute Gasteiger partial charge is 0.394 e. The summed E-state index contributed by atoms with van der Waals surface area (Å²) in [5.74, 6) is -0.271. The van der Waals surface area contributed by atoms with E-state index in [1.54, 1.807) is 0 Å². The molecule has 4 heterocycles. The van der Waals surface area contributed by atoms with Crippen LogP contribution in [0.2, 0.25) is 0 Å². The lowest BCUT2D eigenvalue weighted by Gasteiger charge is -2.45. The molecule has 3 unspecified atom stereocenters. The fourth-order valence-corrected chi connectivity index (χ4v) is 4.07. The highest BCUT2D eigenvalue weighted by Gasteiger charge is 2.57. The zero-order valence-corrected chi connectivity index (χ0v) is 16.5. The van der Waals surface area contributed by atoms with Crippen molar-refractivity contribution in [3.63, 3.8) is 0 Å². The molecule has 0 saturated carbocycles. The lowest BCUT2D eigenvalue weighted by molar-refractivity contribution is -0.237. The molecule has 0 aromatic rings. The first kappa shape index (κ1) is 23.4. The highest BCUT2D eigenvalue weighted by atomic mass is 16.6. The molecule has 0 radical (unpaired) electrons. The van der Waals surface area contributed by atoms with Gasteiger partial charge in [-0.25, -0.2) is 20.0 Å². The van der Waals surface area contributed by atoms with E-state index in [0.29, 0.717) is 0 Å². The summed E-state index contributed by atoms with van der Waals surface area (Å²) in [6.45, 7) is -1.33. The van der Waals surface area contributed by atoms with Crippen molar-refractivity contribution in [1.82, 2.24) is 0 Å². The van der Waals surface area contributed by atoms with Gasteiger partial charge < -0.3 is 50.3 Å². The second-order valence-corrected chi connectivity index (χ2v) is 7.95. The van der Waals surface area contributed by atoms with Crippen LogP contribution in [0.15, 0.2) is 20.0 Å². The smallest absolute Gasteiger partial charge is 0.185 e. The monoisotopic (exact) mass is 459 g/mol. The molecule has 4 aliphatic rings. The van der Waals surface area contributed by atoms with Gasteiger partial charge in [-0.1, -0.05) is 0 Å². The Kier molecular flexibility index (Phi) is 6.25. The highest BCUT2D eigenvalue weighted by molar-refractivity contribution is 6.52. The lowest BCUT2D eigenvalue weighted by Crippen LogP contribution is -2.70. The van der Waals surface area contributed by atoms with E-state index in [0.717, 1.165) is 6.34 Å². The molecule has 32 heavy (non-hydrogen) atoms. The normalized spacial score (nSPS) is 48.7. The topological polar surface area (TPSA) is 256 Å². The van der Waals surface area contributed by atoms with Crippen LogP contribution in [0.4, 0.5) is 0 Å². The van der Waals surface area contributed by atoms with Gasteiger partial charge >= 0.3 is 0 Å². The Morgan fingerprint density at radius 1 is 0.812 bits per heavy atom. The van der Waals surface area contributed by atoms with Crippen molar-refractivity contribution in [3.8, 4) is 0 Å². The number of nitrogens with two attached hydrogens (primary N) is 1. The summed E-state index contributed by atoms with van der Waals surface area (Å²) in [5, 5.41) is 79.8. The lowest BCUT2D eigenvalue weighted by atomic mass is 9.85. The molecule has 4 aliphatic heterocycles. The van der Waals surface area contributed by atoms with Crippen LogP contribution in [0.25, 0.3) is 0 Å². The summed E-state index contributed by atoms with van der Waals surface area (Å²) in [7, 11) is 0. The van der Waals surface area contributed by atoms with Gasteiger partial charge in [0.15, 0.2) is 17.3 Å². The quantitative estimate of drug-likeness (QED) is 0.191. The zero-order chi connectivity index (χ0) is 23.4. The first-order valence-corrected chi connectivity index (χ1v) is 9.83. The Labute approximate surface area is 180 Å². The van der Waals surface area contributed by atoms with Crippen LogP contribution in [0, 0.1) is 0 Å². The van der Waals surface area contributed by atoms with Gasteiger partial charge in [0, 0.05) is 0 Å². The van der Waals surface area contributed by atoms with Gasteiger partial charge in [0.1, 0.15) is 73.1 Å². The van der Waals surface area contributed by atoms with Crippen LogP contribution in [0.1, 0.15) is 0 Å². The number of ether oxygens (including phenoxy) is 2. The van der Waals surface area contributed by atoms with Crippen LogP contribution in [-0.2, 0) is 9.47 Å². The molecule has 178 valence electrons. The molecule has 0 aliphatic carbocycles. The molecule has 0 aromatic carbocycles. The van der Waals surface area contributed by atoms with E-state index in [9.17, 15) is 40.9 Å². The van der Waals surface area contributed by atoms with Crippen molar-refractivity contribution < 1.29 is 50.3 Å². The maximum Gasteiger partial charge on any atom is 0.185 e. The summed E-state index contributed by atoms with van der Waals surface area (Å²) in [5.41, 5.74) is 4.29. The minimum atomic E-state index is -1.97. The van der Waals surface area contributed by atoms with Crippen molar-refractivity contribution >= 4 is 23.7 Å². The fourth-order valence-electron chi connectivity index (χ4n) is 4.07. The predicted octanol–water partition coefficient (Wildman–Crippen LogP) is -6.38. The van der Waals surface area contributed by atoms with Crippen molar-refractivity contribution in [2.24, 2.45) is 25.7 Å². The second kappa shape index (κ2) is 8.54. The van der Waals surface area contributed by atoms with E-state index in [1.807, 2.05) is 0 Å². The summed E-state index contributed by atoms with van der Waals surface area (Å²) >= 11 is 0. The van der Waals surface area contributed by atoms with Crippen molar-refractivity contribution in [2.45, 2.75) is 66.7 Å². The Hall–Kier alpha value is -1.76. The molecule has 15 nitrogen and oxygen atoms in total. The van der Waals surface area contributed by atoms with Crippen LogP contribution < -0.4 is 5.73 Å². The third-order valence-electron chi connectivity index (χ3n) is 5.96. The molecular formula is C17H25N5O10. The summed E-state index contributed by atoms with van der Waals surface area (Å²) in [6, 6.07) is 0. The first-order valence-electron chi connectivity index (χ1n) is 9.83. The number of aliphatic imine (C=N–C) groups is 4. The number of rotatable bonds is 4. The Bertz CT molecular complexity index is 863. The third-order valence-corrected chi connectivity index (χ3v) is 5.96. The Morgan fingerprint density at radius 2 is 1.41 bits per heavy atom. The number of hydrogen-bond acceptors (Lipinski definition) is 15. The van der Waals surface area contributed by atoms with Gasteiger partial charge in [0.05, 0.1) is 13.2 Å². The van der Waals surface area contributed by atoms with Crippen molar-refractivity contribution in [3.05, 3.63) is 0 Å². The molecule has 0 bridgehead atoms. The molecular weight excluding hydrogens is 434 g/mol. The van der Waals surface area contributed by atoms with E-state index >= 15 is 0 Å². The Balaban J connectivity index is 1.66. The predicted molar refractivity (Wildman–Crippen MR) is 105 cm³/mol. The van der Waals surface area contributed by atoms with Crippen LogP contribution in [0.5, 0.6) is 0 Å². The average Bonchev–Trinajstić information content (AvgIpc) is 3.22. The Morgan fingerprint density at radius 3 is 2.03 bits per heavy atom.